The van der Waals surface area contributed by atoms with Crippen LogP contribution in [0.25, 0.3) is 0 Å². The second kappa shape index (κ2) is 6.32. The molecule has 3 nitrogen and oxygen atoms in total. The van der Waals surface area contributed by atoms with Gasteiger partial charge in [0.05, 0.1) is 6.04 Å². The van der Waals surface area contributed by atoms with Gasteiger partial charge in [-0.2, -0.15) is 0 Å². The Labute approximate surface area is 109 Å². The van der Waals surface area contributed by atoms with E-state index in [2.05, 4.69) is 42.6 Å². The molecule has 1 aliphatic carbocycles. The largest absolute Gasteiger partial charge is 0.354 e. The van der Waals surface area contributed by atoms with E-state index in [4.69, 9.17) is 9.47 Å². The summed E-state index contributed by atoms with van der Waals surface area (Å²) in [5, 5.41) is 3.50. The average Bonchev–Trinajstić information content (AvgIpc) is 3.20. The molecule has 1 saturated carbocycles. The Morgan fingerprint density at radius 1 is 1.22 bits per heavy atom. The van der Waals surface area contributed by atoms with Gasteiger partial charge in [0.15, 0.2) is 6.29 Å². The number of hydrogen-bond acceptors (Lipinski definition) is 3. The van der Waals surface area contributed by atoms with Gasteiger partial charge in [-0.1, -0.05) is 37.3 Å². The Morgan fingerprint density at radius 2 is 1.89 bits per heavy atom. The number of ether oxygens (including phenoxy) is 2. The van der Waals surface area contributed by atoms with E-state index in [1.165, 1.54) is 12.0 Å². The zero-order valence-corrected chi connectivity index (χ0v) is 11.4. The summed E-state index contributed by atoms with van der Waals surface area (Å²) in [5.74, 6) is 1.25. The average molecular weight is 249 g/mol. The Balaban J connectivity index is 2.02. The van der Waals surface area contributed by atoms with Crippen LogP contribution in [0.4, 0.5) is 0 Å². The van der Waals surface area contributed by atoms with Gasteiger partial charge in [-0.25, -0.2) is 0 Å². The van der Waals surface area contributed by atoms with Crippen molar-refractivity contribution in [1.82, 2.24) is 5.32 Å². The van der Waals surface area contributed by atoms with Crippen molar-refractivity contribution in [3.8, 4) is 0 Å². The number of hydrogen-bond donors (Lipinski definition) is 1. The molecular weight excluding hydrogens is 226 g/mol. The molecule has 0 heterocycles. The zero-order chi connectivity index (χ0) is 13.0. The van der Waals surface area contributed by atoms with Gasteiger partial charge in [-0.3, -0.25) is 0 Å². The van der Waals surface area contributed by atoms with Crippen LogP contribution in [0.3, 0.4) is 0 Å². The zero-order valence-electron chi connectivity index (χ0n) is 11.4. The molecular formula is C15H23NO2. The molecule has 0 saturated heterocycles. The summed E-state index contributed by atoms with van der Waals surface area (Å²) in [6.45, 7) is 3.06. The number of methoxy groups -OCH3 is 2. The van der Waals surface area contributed by atoms with E-state index in [-0.39, 0.29) is 12.3 Å². The minimum absolute atomic E-state index is 0.163. The molecule has 3 heteroatoms. The molecule has 1 fully saturated rings. The van der Waals surface area contributed by atoms with Crippen molar-refractivity contribution in [3.05, 3.63) is 35.9 Å². The van der Waals surface area contributed by atoms with E-state index in [9.17, 15) is 0 Å². The van der Waals surface area contributed by atoms with Crippen molar-refractivity contribution in [1.29, 1.82) is 0 Å². The monoisotopic (exact) mass is 249 g/mol. The topological polar surface area (TPSA) is 30.5 Å². The summed E-state index contributed by atoms with van der Waals surface area (Å²) in [5.41, 5.74) is 1.43. The summed E-state index contributed by atoms with van der Waals surface area (Å²) < 4.78 is 10.8. The molecule has 1 aromatic rings. The predicted octanol–water partition coefficient (Wildman–Crippen LogP) is 2.39. The van der Waals surface area contributed by atoms with Crippen LogP contribution in [0.15, 0.2) is 30.3 Å². The van der Waals surface area contributed by atoms with Crippen LogP contribution in [0.5, 0.6) is 0 Å². The molecule has 3 unspecified atom stereocenters. The number of rotatable bonds is 7. The lowest BCUT2D eigenvalue weighted by Crippen LogP contribution is -2.44. The lowest BCUT2D eigenvalue weighted by Gasteiger charge is -2.25. The first-order valence-electron chi connectivity index (χ1n) is 6.65. The third kappa shape index (κ3) is 2.91. The van der Waals surface area contributed by atoms with Crippen molar-refractivity contribution in [3.63, 3.8) is 0 Å². The van der Waals surface area contributed by atoms with Crippen LogP contribution in [-0.2, 0) is 9.47 Å². The van der Waals surface area contributed by atoms with E-state index in [0.717, 1.165) is 6.54 Å². The molecule has 3 atom stereocenters. The summed E-state index contributed by atoms with van der Waals surface area (Å²) in [6.07, 6.45) is 1.05. The number of likely N-dealkylation sites (N-methyl/N-ethyl adjacent to an activating group) is 1. The van der Waals surface area contributed by atoms with Crippen molar-refractivity contribution < 1.29 is 9.47 Å². The van der Waals surface area contributed by atoms with Crippen molar-refractivity contribution in [2.24, 2.45) is 5.92 Å². The third-order valence-electron chi connectivity index (χ3n) is 3.73. The van der Waals surface area contributed by atoms with Crippen LogP contribution in [0, 0.1) is 5.92 Å². The normalized spacial score (nSPS) is 24.2. The summed E-state index contributed by atoms with van der Waals surface area (Å²) in [7, 11) is 3.41. The van der Waals surface area contributed by atoms with Gasteiger partial charge in [0, 0.05) is 14.2 Å². The minimum Gasteiger partial charge on any atom is -0.354 e. The van der Waals surface area contributed by atoms with Crippen LogP contribution in [0.2, 0.25) is 0 Å². The van der Waals surface area contributed by atoms with Crippen molar-refractivity contribution in [2.75, 3.05) is 20.8 Å². The fraction of sp³-hybridized carbons (Fsp3) is 0.600. The molecule has 0 aliphatic heterocycles. The lowest BCUT2D eigenvalue weighted by atomic mass is 10.0. The van der Waals surface area contributed by atoms with Crippen molar-refractivity contribution in [2.45, 2.75) is 31.6 Å². The third-order valence-corrected chi connectivity index (χ3v) is 3.73. The first-order valence-corrected chi connectivity index (χ1v) is 6.65. The molecule has 2 rings (SSSR count). The fourth-order valence-corrected chi connectivity index (χ4v) is 2.77. The van der Waals surface area contributed by atoms with E-state index >= 15 is 0 Å². The van der Waals surface area contributed by atoms with Crippen LogP contribution >= 0.6 is 0 Å². The van der Waals surface area contributed by atoms with E-state index in [1.54, 1.807) is 14.2 Å². The highest BCUT2D eigenvalue weighted by Gasteiger charge is 2.46. The first kappa shape index (κ1) is 13.5. The fourth-order valence-electron chi connectivity index (χ4n) is 2.77. The van der Waals surface area contributed by atoms with Gasteiger partial charge in [0.1, 0.15) is 0 Å². The molecule has 18 heavy (non-hydrogen) atoms. The smallest absolute Gasteiger partial charge is 0.172 e. The molecule has 0 amide bonds. The van der Waals surface area contributed by atoms with Gasteiger partial charge in [-0.05, 0) is 30.4 Å². The number of benzene rings is 1. The quantitative estimate of drug-likeness (QED) is 0.753. The van der Waals surface area contributed by atoms with E-state index in [0.29, 0.717) is 11.8 Å². The molecule has 1 aromatic carbocycles. The molecule has 100 valence electrons. The Morgan fingerprint density at radius 3 is 2.44 bits per heavy atom. The highest BCUT2D eigenvalue weighted by atomic mass is 16.7. The highest BCUT2D eigenvalue weighted by Crippen LogP contribution is 2.50. The van der Waals surface area contributed by atoms with Crippen LogP contribution in [-0.4, -0.2) is 33.1 Å². The van der Waals surface area contributed by atoms with Gasteiger partial charge in [0.25, 0.3) is 0 Å². The molecule has 0 aromatic heterocycles. The molecule has 0 bridgehead atoms. The number of nitrogens with one attached hydrogen (secondary N) is 1. The Bertz CT molecular complexity index is 351. The molecule has 0 spiro atoms. The first-order chi connectivity index (χ1) is 8.81. The maximum atomic E-state index is 5.41. The second-order valence-electron chi connectivity index (χ2n) is 4.84. The summed E-state index contributed by atoms with van der Waals surface area (Å²) in [6, 6.07) is 11.0. The SMILES string of the molecule is CCNC(C(OC)OC)C1CC1c1ccccc1. The Kier molecular flexibility index (Phi) is 4.75. The standard InChI is InChI=1S/C15H23NO2/c1-4-16-14(15(17-2)18-3)13-10-12(13)11-8-6-5-7-9-11/h5-9,12-16H,4,10H2,1-3H3. The lowest BCUT2D eigenvalue weighted by molar-refractivity contribution is -0.126. The summed E-state index contributed by atoms with van der Waals surface area (Å²) in [4.78, 5) is 0. The van der Waals surface area contributed by atoms with Gasteiger partial charge in [0.2, 0.25) is 0 Å². The second-order valence-corrected chi connectivity index (χ2v) is 4.84. The van der Waals surface area contributed by atoms with Gasteiger partial charge < -0.3 is 14.8 Å². The molecule has 0 radical (unpaired) electrons. The molecule has 1 N–H and O–H groups in total. The van der Waals surface area contributed by atoms with Gasteiger partial charge >= 0.3 is 0 Å². The maximum Gasteiger partial charge on any atom is 0.172 e. The van der Waals surface area contributed by atoms with Crippen LogP contribution < -0.4 is 5.32 Å². The van der Waals surface area contributed by atoms with E-state index in [1.807, 2.05) is 0 Å². The van der Waals surface area contributed by atoms with Crippen molar-refractivity contribution >= 4 is 0 Å². The maximum absolute atomic E-state index is 5.41. The highest BCUT2D eigenvalue weighted by molar-refractivity contribution is 5.26. The van der Waals surface area contributed by atoms with E-state index < -0.39 is 0 Å². The predicted molar refractivity (Wildman–Crippen MR) is 72.6 cm³/mol. The summed E-state index contributed by atoms with van der Waals surface area (Å²) >= 11 is 0. The Hall–Kier alpha value is -0.900. The minimum atomic E-state index is -0.163. The van der Waals surface area contributed by atoms with Crippen LogP contribution in [0.1, 0.15) is 24.8 Å². The van der Waals surface area contributed by atoms with Gasteiger partial charge in [-0.15, -0.1) is 0 Å². The molecule has 1 aliphatic rings.